The van der Waals surface area contributed by atoms with Gasteiger partial charge in [0.1, 0.15) is 11.6 Å². The van der Waals surface area contributed by atoms with E-state index in [-0.39, 0.29) is 6.04 Å². The van der Waals surface area contributed by atoms with E-state index < -0.39 is 11.6 Å². The first kappa shape index (κ1) is 13.9. The molecule has 21 heavy (non-hydrogen) atoms. The SMILES string of the molecule is NC1CCCN(c2ccc(-c3cc(F)cc(F)c3)nn2)C1. The molecule has 2 aromatic rings. The van der Waals surface area contributed by atoms with Crippen molar-refractivity contribution in [2.45, 2.75) is 18.9 Å². The van der Waals surface area contributed by atoms with Crippen LogP contribution in [0, 0.1) is 11.6 Å². The summed E-state index contributed by atoms with van der Waals surface area (Å²) in [6.45, 7) is 1.65. The predicted molar refractivity (Wildman–Crippen MR) is 76.8 cm³/mol. The third-order valence-corrected chi connectivity index (χ3v) is 3.59. The number of aromatic nitrogens is 2. The van der Waals surface area contributed by atoms with Crippen molar-refractivity contribution < 1.29 is 8.78 Å². The van der Waals surface area contributed by atoms with Crippen molar-refractivity contribution in [2.75, 3.05) is 18.0 Å². The Labute approximate surface area is 121 Å². The van der Waals surface area contributed by atoms with E-state index in [0.29, 0.717) is 11.3 Å². The zero-order chi connectivity index (χ0) is 14.8. The maximum Gasteiger partial charge on any atom is 0.151 e. The molecule has 1 fully saturated rings. The topological polar surface area (TPSA) is 55.0 Å². The van der Waals surface area contributed by atoms with E-state index in [1.165, 1.54) is 12.1 Å². The molecule has 2 N–H and O–H groups in total. The van der Waals surface area contributed by atoms with Gasteiger partial charge in [0.15, 0.2) is 5.82 Å². The molecule has 1 unspecified atom stereocenters. The Kier molecular flexibility index (Phi) is 3.79. The van der Waals surface area contributed by atoms with Crippen LogP contribution in [0.25, 0.3) is 11.3 Å². The fraction of sp³-hybridized carbons (Fsp3) is 0.333. The summed E-state index contributed by atoms with van der Waals surface area (Å²) in [4.78, 5) is 2.08. The van der Waals surface area contributed by atoms with Crippen molar-refractivity contribution in [3.8, 4) is 11.3 Å². The highest BCUT2D eigenvalue weighted by molar-refractivity contribution is 5.60. The van der Waals surface area contributed by atoms with Crippen LogP contribution in [0.5, 0.6) is 0 Å². The average molecular weight is 290 g/mol. The van der Waals surface area contributed by atoms with E-state index in [4.69, 9.17) is 5.73 Å². The first-order chi connectivity index (χ1) is 10.1. The number of benzene rings is 1. The molecule has 1 aliphatic heterocycles. The van der Waals surface area contributed by atoms with Crippen molar-refractivity contribution in [2.24, 2.45) is 5.73 Å². The Morgan fingerprint density at radius 2 is 1.86 bits per heavy atom. The summed E-state index contributed by atoms with van der Waals surface area (Å²) in [7, 11) is 0. The quantitative estimate of drug-likeness (QED) is 0.922. The van der Waals surface area contributed by atoms with E-state index in [2.05, 4.69) is 15.1 Å². The van der Waals surface area contributed by atoms with Crippen molar-refractivity contribution in [1.82, 2.24) is 10.2 Å². The summed E-state index contributed by atoms with van der Waals surface area (Å²) in [5, 5.41) is 8.21. The van der Waals surface area contributed by atoms with Gasteiger partial charge in [0, 0.05) is 30.8 Å². The molecular weight excluding hydrogens is 274 g/mol. The molecule has 1 aromatic carbocycles. The third kappa shape index (κ3) is 3.16. The Morgan fingerprint density at radius 3 is 2.48 bits per heavy atom. The van der Waals surface area contributed by atoms with Gasteiger partial charge in [0.25, 0.3) is 0 Å². The highest BCUT2D eigenvalue weighted by atomic mass is 19.1. The van der Waals surface area contributed by atoms with Gasteiger partial charge in [-0.1, -0.05) is 0 Å². The molecular formula is C15H16F2N4. The first-order valence-electron chi connectivity index (χ1n) is 6.92. The number of anilines is 1. The summed E-state index contributed by atoms with van der Waals surface area (Å²) < 4.78 is 26.4. The molecule has 0 bridgehead atoms. The van der Waals surface area contributed by atoms with Gasteiger partial charge in [0.05, 0.1) is 5.69 Å². The van der Waals surface area contributed by atoms with Gasteiger partial charge in [-0.15, -0.1) is 10.2 Å². The van der Waals surface area contributed by atoms with E-state index in [1.807, 2.05) is 6.07 Å². The van der Waals surface area contributed by atoms with Gasteiger partial charge >= 0.3 is 0 Å². The zero-order valence-corrected chi connectivity index (χ0v) is 11.5. The molecule has 4 nitrogen and oxygen atoms in total. The summed E-state index contributed by atoms with van der Waals surface area (Å²) in [6, 6.07) is 6.99. The van der Waals surface area contributed by atoms with Crippen molar-refractivity contribution >= 4 is 5.82 Å². The minimum Gasteiger partial charge on any atom is -0.354 e. The lowest BCUT2D eigenvalue weighted by Crippen LogP contribution is -2.43. The number of hydrogen-bond donors (Lipinski definition) is 1. The predicted octanol–water partition coefficient (Wildman–Crippen LogP) is 2.35. The van der Waals surface area contributed by atoms with Crippen LogP contribution in [-0.4, -0.2) is 29.3 Å². The van der Waals surface area contributed by atoms with Crippen molar-refractivity contribution in [3.63, 3.8) is 0 Å². The van der Waals surface area contributed by atoms with Crippen LogP contribution in [0.4, 0.5) is 14.6 Å². The Hall–Kier alpha value is -2.08. The minimum atomic E-state index is -0.627. The van der Waals surface area contributed by atoms with Gasteiger partial charge < -0.3 is 10.6 Å². The molecule has 1 atom stereocenters. The molecule has 110 valence electrons. The Bertz CT molecular complexity index is 610. The fourth-order valence-electron chi connectivity index (χ4n) is 2.57. The number of piperidine rings is 1. The molecule has 1 aromatic heterocycles. The van der Waals surface area contributed by atoms with Gasteiger partial charge in [-0.25, -0.2) is 8.78 Å². The smallest absolute Gasteiger partial charge is 0.151 e. The number of nitrogens with two attached hydrogens (primary N) is 1. The van der Waals surface area contributed by atoms with Gasteiger partial charge in [0.2, 0.25) is 0 Å². The van der Waals surface area contributed by atoms with Gasteiger partial charge in [-0.05, 0) is 37.1 Å². The molecule has 1 aliphatic rings. The molecule has 3 rings (SSSR count). The summed E-state index contributed by atoms with van der Waals surface area (Å²) in [5.74, 6) is -0.512. The molecule has 0 radical (unpaired) electrons. The third-order valence-electron chi connectivity index (χ3n) is 3.59. The summed E-state index contributed by atoms with van der Waals surface area (Å²) in [5.41, 5.74) is 6.76. The maximum absolute atomic E-state index is 13.2. The van der Waals surface area contributed by atoms with Crippen molar-refractivity contribution in [3.05, 3.63) is 42.0 Å². The minimum absolute atomic E-state index is 0.151. The highest BCUT2D eigenvalue weighted by Gasteiger charge is 2.18. The van der Waals surface area contributed by atoms with E-state index in [9.17, 15) is 8.78 Å². The maximum atomic E-state index is 13.2. The van der Waals surface area contributed by atoms with Gasteiger partial charge in [-0.2, -0.15) is 0 Å². The standard InChI is InChI=1S/C15H16F2N4/c16-11-6-10(7-12(17)8-11)14-3-4-15(20-19-14)21-5-1-2-13(18)9-21/h3-4,6-8,13H,1-2,5,9,18H2. The normalized spacial score (nSPS) is 18.8. The lowest BCUT2D eigenvalue weighted by atomic mass is 10.1. The average Bonchev–Trinajstić information content (AvgIpc) is 2.46. The largest absolute Gasteiger partial charge is 0.354 e. The molecule has 2 heterocycles. The lowest BCUT2D eigenvalue weighted by molar-refractivity contribution is 0.502. The van der Waals surface area contributed by atoms with Crippen LogP contribution < -0.4 is 10.6 Å². The summed E-state index contributed by atoms with van der Waals surface area (Å²) >= 11 is 0. The molecule has 0 aliphatic carbocycles. The second-order valence-electron chi connectivity index (χ2n) is 5.28. The molecule has 1 saturated heterocycles. The number of rotatable bonds is 2. The Morgan fingerprint density at radius 1 is 1.10 bits per heavy atom. The lowest BCUT2D eigenvalue weighted by Gasteiger charge is -2.31. The monoisotopic (exact) mass is 290 g/mol. The van der Waals surface area contributed by atoms with Crippen LogP contribution in [0.15, 0.2) is 30.3 Å². The molecule has 0 amide bonds. The van der Waals surface area contributed by atoms with Crippen LogP contribution in [0.3, 0.4) is 0 Å². The summed E-state index contributed by atoms with van der Waals surface area (Å²) in [6.07, 6.45) is 2.05. The van der Waals surface area contributed by atoms with Crippen LogP contribution >= 0.6 is 0 Å². The fourth-order valence-corrected chi connectivity index (χ4v) is 2.57. The number of nitrogens with zero attached hydrogens (tertiary/aromatic N) is 3. The van der Waals surface area contributed by atoms with Gasteiger partial charge in [-0.3, -0.25) is 0 Å². The molecule has 6 heteroatoms. The first-order valence-corrected chi connectivity index (χ1v) is 6.92. The van der Waals surface area contributed by atoms with E-state index in [0.717, 1.165) is 37.8 Å². The van der Waals surface area contributed by atoms with Crippen molar-refractivity contribution in [1.29, 1.82) is 0 Å². The molecule has 0 saturated carbocycles. The zero-order valence-electron chi connectivity index (χ0n) is 11.5. The number of hydrogen-bond acceptors (Lipinski definition) is 4. The van der Waals surface area contributed by atoms with Crippen LogP contribution in [0.2, 0.25) is 0 Å². The second-order valence-corrected chi connectivity index (χ2v) is 5.28. The number of halogens is 2. The van der Waals surface area contributed by atoms with Crippen LogP contribution in [-0.2, 0) is 0 Å². The second kappa shape index (κ2) is 5.73. The van der Waals surface area contributed by atoms with E-state index in [1.54, 1.807) is 6.07 Å². The Balaban J connectivity index is 1.83. The van der Waals surface area contributed by atoms with Crippen LogP contribution in [0.1, 0.15) is 12.8 Å². The highest BCUT2D eigenvalue weighted by Crippen LogP contribution is 2.22. The van der Waals surface area contributed by atoms with E-state index >= 15 is 0 Å². The molecule has 0 spiro atoms.